The van der Waals surface area contributed by atoms with Gasteiger partial charge in [-0.2, -0.15) is 18.3 Å². The number of benzene rings is 2. The lowest BCUT2D eigenvalue weighted by Gasteiger charge is -2.28. The number of halogens is 3. The van der Waals surface area contributed by atoms with Crippen LogP contribution in [-0.2, 0) is 30.9 Å². The zero-order valence-corrected chi connectivity index (χ0v) is 23.7. The molecule has 5 rings (SSSR count). The van der Waals surface area contributed by atoms with Gasteiger partial charge in [-0.3, -0.25) is 9.48 Å². The highest BCUT2D eigenvalue weighted by atomic mass is 19.4. The summed E-state index contributed by atoms with van der Waals surface area (Å²) in [5.74, 6) is 0.0518. The molecule has 1 fully saturated rings. The Morgan fingerprint density at radius 2 is 1.81 bits per heavy atom. The Labute approximate surface area is 245 Å². The molecule has 1 aliphatic carbocycles. The standard InChI is InChI=1S/C30H32F3N7O3/c1-3-17-11-18(12-19-16-34-28(38-27(17)19)36-21-7-9-22(10-8-21)37-29(42)43)25-14-24(39-40(25)2)15-26(41)35-23-6-4-5-20(13-23)30(31,32)33/h4-6,11-14,16,21-22,37H,3,7-10,15H2,1-2H3,(H,35,41)(H,42,43)(H,34,36,38). The van der Waals surface area contributed by atoms with Crippen LogP contribution in [0.2, 0.25) is 0 Å². The van der Waals surface area contributed by atoms with Crippen molar-refractivity contribution in [3.8, 4) is 11.3 Å². The molecule has 13 heteroatoms. The molecule has 0 saturated heterocycles. The van der Waals surface area contributed by atoms with E-state index < -0.39 is 23.7 Å². The van der Waals surface area contributed by atoms with E-state index in [1.165, 1.54) is 12.1 Å². The van der Waals surface area contributed by atoms with E-state index in [9.17, 15) is 22.8 Å². The number of rotatable bonds is 8. The van der Waals surface area contributed by atoms with Crippen molar-refractivity contribution in [3.05, 3.63) is 65.5 Å². The Morgan fingerprint density at radius 1 is 1.07 bits per heavy atom. The number of hydrogen-bond acceptors (Lipinski definition) is 6. The SMILES string of the molecule is CCc1cc(-c2cc(CC(=O)Nc3cccc(C(F)(F)F)c3)nn2C)cc2cnc(NC3CCC(NC(=O)O)CC3)nc12. The third-order valence-corrected chi connectivity index (χ3v) is 7.57. The normalized spacial score (nSPS) is 17.0. The Morgan fingerprint density at radius 3 is 2.51 bits per heavy atom. The van der Waals surface area contributed by atoms with Crippen LogP contribution in [0.3, 0.4) is 0 Å². The van der Waals surface area contributed by atoms with Crippen LogP contribution in [0, 0.1) is 0 Å². The van der Waals surface area contributed by atoms with E-state index in [1.807, 2.05) is 19.1 Å². The lowest BCUT2D eigenvalue weighted by Crippen LogP contribution is -2.39. The van der Waals surface area contributed by atoms with Crippen molar-refractivity contribution in [2.24, 2.45) is 7.05 Å². The summed E-state index contributed by atoms with van der Waals surface area (Å²) in [6, 6.07) is 10.4. The molecule has 0 unspecified atom stereocenters. The van der Waals surface area contributed by atoms with Crippen LogP contribution in [0.4, 0.5) is 29.6 Å². The highest BCUT2D eigenvalue weighted by Gasteiger charge is 2.30. The lowest BCUT2D eigenvalue weighted by molar-refractivity contribution is -0.137. The highest BCUT2D eigenvalue weighted by Crippen LogP contribution is 2.31. The summed E-state index contributed by atoms with van der Waals surface area (Å²) in [4.78, 5) is 32.8. The third-order valence-electron chi connectivity index (χ3n) is 7.57. The largest absolute Gasteiger partial charge is 0.465 e. The molecule has 1 saturated carbocycles. The smallest absolute Gasteiger partial charge is 0.416 e. The number of aromatic nitrogens is 4. The number of hydrogen-bond donors (Lipinski definition) is 4. The van der Waals surface area contributed by atoms with Gasteiger partial charge in [0, 0.05) is 42.0 Å². The molecule has 2 aromatic heterocycles. The van der Waals surface area contributed by atoms with E-state index in [4.69, 9.17) is 10.1 Å². The van der Waals surface area contributed by atoms with E-state index in [-0.39, 0.29) is 24.2 Å². The topological polar surface area (TPSA) is 134 Å². The van der Waals surface area contributed by atoms with Gasteiger partial charge in [0.15, 0.2) is 0 Å². The fraction of sp³-hybridized carbons (Fsp3) is 0.367. The molecule has 226 valence electrons. The Bertz CT molecular complexity index is 1650. The molecule has 4 aromatic rings. The first-order chi connectivity index (χ1) is 20.5. The van der Waals surface area contributed by atoms with Crippen LogP contribution in [0.5, 0.6) is 0 Å². The molecule has 0 atom stereocenters. The summed E-state index contributed by atoms with van der Waals surface area (Å²) in [6.45, 7) is 2.04. The Kier molecular flexibility index (Phi) is 8.51. The van der Waals surface area contributed by atoms with Crippen LogP contribution in [0.15, 0.2) is 48.7 Å². The zero-order valence-electron chi connectivity index (χ0n) is 23.7. The van der Waals surface area contributed by atoms with Crippen molar-refractivity contribution in [2.75, 3.05) is 10.6 Å². The van der Waals surface area contributed by atoms with Gasteiger partial charge in [-0.25, -0.2) is 14.8 Å². The van der Waals surface area contributed by atoms with Gasteiger partial charge < -0.3 is 21.1 Å². The van der Waals surface area contributed by atoms with Gasteiger partial charge in [-0.15, -0.1) is 0 Å². The summed E-state index contributed by atoms with van der Waals surface area (Å²) < 4.78 is 40.7. The average molecular weight is 596 g/mol. The van der Waals surface area contributed by atoms with Gasteiger partial charge in [0.1, 0.15) is 0 Å². The van der Waals surface area contributed by atoms with Gasteiger partial charge in [0.2, 0.25) is 11.9 Å². The minimum absolute atomic E-state index is 0.0320. The summed E-state index contributed by atoms with van der Waals surface area (Å²) in [7, 11) is 1.77. The molecule has 0 radical (unpaired) electrons. The number of carboxylic acid groups (broad SMARTS) is 1. The monoisotopic (exact) mass is 595 g/mol. The molecule has 0 aliphatic heterocycles. The zero-order chi connectivity index (χ0) is 30.7. The maximum absolute atomic E-state index is 13.0. The predicted molar refractivity (Wildman–Crippen MR) is 156 cm³/mol. The number of aryl methyl sites for hydroxylation is 2. The molecule has 10 nitrogen and oxygen atoms in total. The van der Waals surface area contributed by atoms with Crippen molar-refractivity contribution in [3.63, 3.8) is 0 Å². The number of nitrogens with zero attached hydrogens (tertiary/aromatic N) is 4. The maximum Gasteiger partial charge on any atom is 0.416 e. The summed E-state index contributed by atoms with van der Waals surface area (Å²) in [6.07, 6.45) is 0.00846. The van der Waals surface area contributed by atoms with Crippen LogP contribution in [-0.4, -0.2) is 48.9 Å². The van der Waals surface area contributed by atoms with E-state index in [0.29, 0.717) is 11.6 Å². The molecule has 43 heavy (non-hydrogen) atoms. The predicted octanol–water partition coefficient (Wildman–Crippen LogP) is 5.78. The Balaban J connectivity index is 1.29. The number of nitrogens with one attached hydrogen (secondary N) is 3. The number of carbonyl (C=O) groups is 2. The first-order valence-corrected chi connectivity index (χ1v) is 14.0. The second-order valence-electron chi connectivity index (χ2n) is 10.7. The van der Waals surface area contributed by atoms with Crippen molar-refractivity contribution in [1.29, 1.82) is 0 Å². The first-order valence-electron chi connectivity index (χ1n) is 14.0. The summed E-state index contributed by atoms with van der Waals surface area (Å²) >= 11 is 0. The molecule has 4 N–H and O–H groups in total. The Hall–Kier alpha value is -4.68. The number of amides is 2. The van der Waals surface area contributed by atoms with Gasteiger partial charge in [-0.05, 0) is 74.1 Å². The minimum atomic E-state index is -4.50. The first kappa shape index (κ1) is 29.8. The van der Waals surface area contributed by atoms with Crippen molar-refractivity contribution >= 4 is 34.5 Å². The number of fused-ring (bicyclic) bond motifs is 1. The molecule has 0 bridgehead atoms. The molecule has 2 amide bonds. The van der Waals surface area contributed by atoms with Crippen molar-refractivity contribution in [2.45, 2.75) is 63.7 Å². The molecule has 1 aliphatic rings. The molecule has 2 heterocycles. The number of carbonyl (C=O) groups excluding carboxylic acids is 1. The fourth-order valence-corrected chi connectivity index (χ4v) is 5.47. The quantitative estimate of drug-likeness (QED) is 0.203. The second-order valence-corrected chi connectivity index (χ2v) is 10.7. The van der Waals surface area contributed by atoms with E-state index in [0.717, 1.165) is 72.0 Å². The molecule has 2 aromatic carbocycles. The third kappa shape index (κ3) is 7.22. The van der Waals surface area contributed by atoms with Crippen LogP contribution >= 0.6 is 0 Å². The van der Waals surface area contributed by atoms with Gasteiger partial charge in [-0.1, -0.05) is 13.0 Å². The van der Waals surface area contributed by atoms with Crippen LogP contribution in [0.1, 0.15) is 49.4 Å². The van der Waals surface area contributed by atoms with Gasteiger partial charge >= 0.3 is 12.3 Å². The fourth-order valence-electron chi connectivity index (χ4n) is 5.47. The summed E-state index contributed by atoms with van der Waals surface area (Å²) in [5.41, 5.74) is 3.19. The molecular weight excluding hydrogens is 563 g/mol. The van der Waals surface area contributed by atoms with Crippen molar-refractivity contribution in [1.82, 2.24) is 25.1 Å². The number of anilines is 2. The van der Waals surface area contributed by atoms with Crippen LogP contribution < -0.4 is 16.0 Å². The van der Waals surface area contributed by atoms with E-state index >= 15 is 0 Å². The van der Waals surface area contributed by atoms with Crippen molar-refractivity contribution < 1.29 is 27.9 Å². The van der Waals surface area contributed by atoms with Gasteiger partial charge in [0.05, 0.1) is 28.9 Å². The van der Waals surface area contributed by atoms with Gasteiger partial charge in [0.25, 0.3) is 0 Å². The van der Waals surface area contributed by atoms with Crippen LogP contribution in [0.25, 0.3) is 22.2 Å². The minimum Gasteiger partial charge on any atom is -0.465 e. The number of alkyl halides is 3. The van der Waals surface area contributed by atoms with E-state index in [1.54, 1.807) is 24.0 Å². The lowest BCUT2D eigenvalue weighted by atomic mass is 9.91. The molecule has 0 spiro atoms. The maximum atomic E-state index is 13.0. The highest BCUT2D eigenvalue weighted by molar-refractivity contribution is 5.92. The average Bonchev–Trinajstić information content (AvgIpc) is 3.32. The second kappa shape index (κ2) is 12.3. The summed E-state index contributed by atoms with van der Waals surface area (Å²) in [5, 5.41) is 22.7. The van der Waals surface area contributed by atoms with E-state index in [2.05, 4.69) is 26.0 Å². The molecular formula is C30H32F3N7O3.